The molecule has 18 heavy (non-hydrogen) atoms. The third kappa shape index (κ3) is 3.17. The summed E-state index contributed by atoms with van der Waals surface area (Å²) in [5.74, 6) is -0.198. The number of benzene rings is 1. The third-order valence-electron chi connectivity index (χ3n) is 2.53. The van der Waals surface area contributed by atoms with E-state index >= 15 is 0 Å². The zero-order chi connectivity index (χ0) is 12.8. The van der Waals surface area contributed by atoms with Crippen molar-refractivity contribution in [1.82, 2.24) is 4.98 Å². The van der Waals surface area contributed by atoms with Gasteiger partial charge in [-0.25, -0.2) is 0 Å². The lowest BCUT2D eigenvalue weighted by Crippen LogP contribution is -2.01. The van der Waals surface area contributed by atoms with Crippen LogP contribution in [0.25, 0.3) is 17.0 Å². The largest absolute Gasteiger partial charge is 0.466 e. The number of ether oxygens (including phenoxy) is 1. The summed E-state index contributed by atoms with van der Waals surface area (Å²) in [6, 6.07) is 9.93. The quantitative estimate of drug-likeness (QED) is 0.771. The first-order valence-corrected chi connectivity index (χ1v) is 5.96. The van der Waals surface area contributed by atoms with Gasteiger partial charge in [0.05, 0.1) is 18.5 Å². The van der Waals surface area contributed by atoms with Crippen molar-refractivity contribution in [3.05, 3.63) is 48.2 Å². The average Bonchev–Trinajstić information content (AvgIpc) is 2.39. The Balaban J connectivity index is 2.07. The van der Waals surface area contributed by atoms with Gasteiger partial charge in [-0.3, -0.25) is 9.78 Å². The van der Waals surface area contributed by atoms with Gasteiger partial charge in [0, 0.05) is 11.6 Å². The minimum Gasteiger partial charge on any atom is -0.466 e. The van der Waals surface area contributed by atoms with E-state index in [0.29, 0.717) is 13.0 Å². The highest BCUT2D eigenvalue weighted by Gasteiger charge is 1.97. The first kappa shape index (κ1) is 12.3. The molecule has 0 fully saturated rings. The highest BCUT2D eigenvalue weighted by atomic mass is 16.5. The molecule has 1 aromatic carbocycles. The van der Waals surface area contributed by atoms with Crippen molar-refractivity contribution in [3.8, 4) is 0 Å². The summed E-state index contributed by atoms with van der Waals surface area (Å²) in [4.78, 5) is 15.4. The van der Waals surface area contributed by atoms with Gasteiger partial charge in [-0.2, -0.15) is 0 Å². The standard InChI is InChI=1S/C15H15NO2/c1-2-18-15(17)7-3-5-12-8-9-14-13(11-12)6-4-10-16-14/h3-6,8-11H,2,7H2,1H3. The van der Waals surface area contributed by atoms with Gasteiger partial charge in [0.15, 0.2) is 0 Å². The summed E-state index contributed by atoms with van der Waals surface area (Å²) in [5.41, 5.74) is 2.03. The van der Waals surface area contributed by atoms with Crippen LogP contribution in [-0.4, -0.2) is 17.6 Å². The summed E-state index contributed by atoms with van der Waals surface area (Å²) in [5, 5.41) is 1.09. The summed E-state index contributed by atoms with van der Waals surface area (Å²) < 4.78 is 4.85. The van der Waals surface area contributed by atoms with Gasteiger partial charge in [-0.1, -0.05) is 24.3 Å². The van der Waals surface area contributed by atoms with Crippen LogP contribution < -0.4 is 0 Å². The maximum Gasteiger partial charge on any atom is 0.309 e. The molecule has 3 heteroatoms. The van der Waals surface area contributed by atoms with Crippen LogP contribution in [0.4, 0.5) is 0 Å². The van der Waals surface area contributed by atoms with Crippen molar-refractivity contribution in [1.29, 1.82) is 0 Å². The van der Waals surface area contributed by atoms with Crippen LogP contribution in [0.1, 0.15) is 18.9 Å². The minimum absolute atomic E-state index is 0.198. The topological polar surface area (TPSA) is 39.2 Å². The van der Waals surface area contributed by atoms with Gasteiger partial charge in [-0.15, -0.1) is 0 Å². The first-order valence-electron chi connectivity index (χ1n) is 5.96. The number of esters is 1. The molecule has 0 saturated heterocycles. The number of rotatable bonds is 4. The van der Waals surface area contributed by atoms with Crippen molar-refractivity contribution in [2.24, 2.45) is 0 Å². The second-order valence-corrected chi connectivity index (χ2v) is 3.87. The third-order valence-corrected chi connectivity index (χ3v) is 2.53. The van der Waals surface area contributed by atoms with Crippen LogP contribution >= 0.6 is 0 Å². The van der Waals surface area contributed by atoms with Crippen molar-refractivity contribution in [2.75, 3.05) is 6.61 Å². The SMILES string of the molecule is CCOC(=O)CC=Cc1ccc2ncccc2c1. The predicted molar refractivity (Wildman–Crippen MR) is 72.0 cm³/mol. The number of hydrogen-bond donors (Lipinski definition) is 0. The highest BCUT2D eigenvalue weighted by Crippen LogP contribution is 2.14. The Morgan fingerprint density at radius 3 is 3.11 bits per heavy atom. The molecule has 1 aromatic heterocycles. The summed E-state index contributed by atoms with van der Waals surface area (Å²) in [6.07, 6.45) is 5.82. The van der Waals surface area contributed by atoms with E-state index in [1.165, 1.54) is 0 Å². The molecule has 3 nitrogen and oxygen atoms in total. The Labute approximate surface area is 106 Å². The molecular weight excluding hydrogens is 226 g/mol. The van der Waals surface area contributed by atoms with E-state index in [1.807, 2.05) is 42.5 Å². The molecule has 0 aliphatic rings. The first-order chi connectivity index (χ1) is 8.79. The molecule has 0 bridgehead atoms. The highest BCUT2D eigenvalue weighted by molar-refractivity contribution is 5.81. The molecule has 92 valence electrons. The van der Waals surface area contributed by atoms with Crippen LogP contribution in [0.15, 0.2) is 42.6 Å². The van der Waals surface area contributed by atoms with Gasteiger partial charge in [0.1, 0.15) is 0 Å². The fraction of sp³-hybridized carbons (Fsp3) is 0.200. The number of hydrogen-bond acceptors (Lipinski definition) is 3. The molecule has 2 aromatic rings. The van der Waals surface area contributed by atoms with E-state index in [0.717, 1.165) is 16.5 Å². The van der Waals surface area contributed by atoms with Gasteiger partial charge in [0.25, 0.3) is 0 Å². The zero-order valence-electron chi connectivity index (χ0n) is 10.3. The van der Waals surface area contributed by atoms with E-state index in [9.17, 15) is 4.79 Å². The van der Waals surface area contributed by atoms with Crippen LogP contribution in [0.5, 0.6) is 0 Å². The van der Waals surface area contributed by atoms with E-state index in [1.54, 1.807) is 13.1 Å². The van der Waals surface area contributed by atoms with Gasteiger partial charge in [0.2, 0.25) is 0 Å². The Kier molecular flexibility index (Phi) is 4.07. The van der Waals surface area contributed by atoms with E-state index in [4.69, 9.17) is 4.74 Å². The van der Waals surface area contributed by atoms with Crippen molar-refractivity contribution < 1.29 is 9.53 Å². The Bertz CT molecular complexity index is 575. The van der Waals surface area contributed by atoms with Crippen molar-refractivity contribution in [2.45, 2.75) is 13.3 Å². The van der Waals surface area contributed by atoms with E-state index < -0.39 is 0 Å². The van der Waals surface area contributed by atoms with Gasteiger partial charge in [-0.05, 0) is 30.7 Å². The lowest BCUT2D eigenvalue weighted by Gasteiger charge is -1.99. The number of carbonyl (C=O) groups is 1. The summed E-state index contributed by atoms with van der Waals surface area (Å²) in [7, 11) is 0. The molecular formula is C15H15NO2. The van der Waals surface area contributed by atoms with Crippen molar-refractivity contribution >= 4 is 22.9 Å². The maximum absolute atomic E-state index is 11.2. The molecule has 1 heterocycles. The van der Waals surface area contributed by atoms with E-state index in [2.05, 4.69) is 4.98 Å². The molecule has 0 aliphatic heterocycles. The fourth-order valence-electron chi connectivity index (χ4n) is 1.71. The predicted octanol–water partition coefficient (Wildman–Crippen LogP) is 3.20. The summed E-state index contributed by atoms with van der Waals surface area (Å²) >= 11 is 0. The fourth-order valence-corrected chi connectivity index (χ4v) is 1.71. The average molecular weight is 241 g/mol. The normalized spacial score (nSPS) is 10.9. The van der Waals surface area contributed by atoms with Gasteiger partial charge < -0.3 is 4.74 Å². The molecule has 0 unspecified atom stereocenters. The lowest BCUT2D eigenvalue weighted by molar-refractivity contribution is -0.142. The minimum atomic E-state index is -0.198. The molecule has 0 atom stereocenters. The van der Waals surface area contributed by atoms with Crippen LogP contribution in [0, 0.1) is 0 Å². The summed E-state index contributed by atoms with van der Waals surface area (Å²) in [6.45, 7) is 2.23. The molecule has 0 spiro atoms. The zero-order valence-corrected chi connectivity index (χ0v) is 10.3. The Morgan fingerprint density at radius 1 is 1.39 bits per heavy atom. The lowest BCUT2D eigenvalue weighted by atomic mass is 10.1. The Morgan fingerprint density at radius 2 is 2.28 bits per heavy atom. The van der Waals surface area contributed by atoms with Crippen LogP contribution in [-0.2, 0) is 9.53 Å². The van der Waals surface area contributed by atoms with Crippen molar-refractivity contribution in [3.63, 3.8) is 0 Å². The Hall–Kier alpha value is -2.16. The second-order valence-electron chi connectivity index (χ2n) is 3.87. The number of carbonyl (C=O) groups excluding carboxylic acids is 1. The molecule has 0 amide bonds. The molecule has 0 aliphatic carbocycles. The van der Waals surface area contributed by atoms with Gasteiger partial charge >= 0.3 is 5.97 Å². The molecule has 2 rings (SSSR count). The monoisotopic (exact) mass is 241 g/mol. The molecule has 0 radical (unpaired) electrons. The second kappa shape index (κ2) is 5.96. The molecule has 0 saturated carbocycles. The number of pyridine rings is 1. The maximum atomic E-state index is 11.2. The smallest absolute Gasteiger partial charge is 0.309 e. The number of nitrogens with zero attached hydrogens (tertiary/aromatic N) is 1. The van der Waals surface area contributed by atoms with Crippen LogP contribution in [0.3, 0.4) is 0 Å². The van der Waals surface area contributed by atoms with E-state index in [-0.39, 0.29) is 5.97 Å². The van der Waals surface area contributed by atoms with Crippen LogP contribution in [0.2, 0.25) is 0 Å². The number of aromatic nitrogens is 1. The number of fused-ring (bicyclic) bond motifs is 1. The molecule has 0 N–H and O–H groups in total.